The molecular weight excluding hydrogens is 190 g/mol. The molecule has 0 saturated carbocycles. The van der Waals surface area contributed by atoms with Crippen molar-refractivity contribution >= 4 is 11.9 Å². The van der Waals surface area contributed by atoms with Crippen LogP contribution in [0, 0.1) is 12.3 Å². The average Bonchev–Trinajstić information content (AvgIpc) is 2.49. The molecule has 2 unspecified atom stereocenters. The molecule has 0 fully saturated rings. The maximum absolute atomic E-state index is 11.5. The van der Waals surface area contributed by atoms with Gasteiger partial charge in [-0.1, -0.05) is 25.7 Å². The molecule has 2 amide bonds. The topological polar surface area (TPSA) is 58.7 Å². The van der Waals surface area contributed by atoms with E-state index in [2.05, 4.69) is 17.8 Å². The number of unbranched alkanes of at least 4 members (excludes halogenated alkanes) is 1. The van der Waals surface area contributed by atoms with Crippen molar-refractivity contribution in [3.63, 3.8) is 0 Å². The number of terminal acetylenes is 1. The van der Waals surface area contributed by atoms with Crippen LogP contribution in [0.4, 0.5) is 4.79 Å². The zero-order chi connectivity index (χ0) is 11.4. The number of nitrogens with two attached hydrogens (primary N) is 1. The van der Waals surface area contributed by atoms with E-state index in [1.54, 1.807) is 4.90 Å². The number of amidine groups is 1. The van der Waals surface area contributed by atoms with E-state index in [1.807, 2.05) is 6.92 Å². The quantitative estimate of drug-likeness (QED) is 0.707. The molecule has 1 heterocycles. The number of nitrogens with zero attached hydrogens (tertiary/aromatic N) is 2. The number of carbonyl (C=O) groups excluding carboxylic acids is 1. The second-order valence-corrected chi connectivity index (χ2v) is 3.73. The number of urea groups is 1. The van der Waals surface area contributed by atoms with E-state index in [4.69, 9.17) is 12.2 Å². The van der Waals surface area contributed by atoms with Crippen LogP contribution in [0.5, 0.6) is 0 Å². The molecule has 1 rings (SSSR count). The fraction of sp³-hybridized carbons (Fsp3) is 0.636. The Kier molecular flexibility index (Phi) is 3.73. The zero-order valence-electron chi connectivity index (χ0n) is 9.23. The Bertz CT molecular complexity index is 316. The van der Waals surface area contributed by atoms with Crippen LogP contribution < -0.4 is 5.73 Å². The highest BCUT2D eigenvalue weighted by Gasteiger charge is 2.35. The number of rotatable bonds is 4. The highest BCUT2D eigenvalue weighted by Crippen LogP contribution is 2.19. The maximum atomic E-state index is 11.5. The standard InChI is InChI=1S/C11H17N3O/c1-4-6-7-9-10(12)13-11(15)14(9)8(3)5-2/h2,8-9H,4,6-7H2,1,3H3,(H2,12,13,15). The van der Waals surface area contributed by atoms with Gasteiger partial charge in [0.1, 0.15) is 5.84 Å². The molecule has 0 aromatic rings. The van der Waals surface area contributed by atoms with Crippen LogP contribution in [-0.4, -0.2) is 28.9 Å². The molecule has 15 heavy (non-hydrogen) atoms. The van der Waals surface area contributed by atoms with Gasteiger partial charge in [-0.3, -0.25) is 4.90 Å². The van der Waals surface area contributed by atoms with Crippen LogP contribution >= 0.6 is 0 Å². The number of aliphatic imine (C=N–C) groups is 1. The average molecular weight is 207 g/mol. The first-order chi connectivity index (χ1) is 7.11. The second kappa shape index (κ2) is 4.83. The summed E-state index contributed by atoms with van der Waals surface area (Å²) in [6.45, 7) is 3.91. The summed E-state index contributed by atoms with van der Waals surface area (Å²) >= 11 is 0. The van der Waals surface area contributed by atoms with Crippen molar-refractivity contribution < 1.29 is 4.79 Å². The molecule has 0 radical (unpaired) electrons. The third-order valence-corrected chi connectivity index (χ3v) is 2.61. The predicted molar refractivity (Wildman–Crippen MR) is 60.5 cm³/mol. The molecule has 2 N–H and O–H groups in total. The molecule has 0 aliphatic carbocycles. The summed E-state index contributed by atoms with van der Waals surface area (Å²) in [5, 5.41) is 0. The van der Waals surface area contributed by atoms with Gasteiger partial charge in [0.25, 0.3) is 0 Å². The molecule has 4 heteroatoms. The monoisotopic (exact) mass is 207 g/mol. The molecular formula is C11H17N3O. The fourth-order valence-electron chi connectivity index (χ4n) is 1.72. The van der Waals surface area contributed by atoms with Gasteiger partial charge in [0, 0.05) is 0 Å². The third-order valence-electron chi connectivity index (χ3n) is 2.61. The van der Waals surface area contributed by atoms with Crippen molar-refractivity contribution in [3.8, 4) is 12.3 Å². The van der Waals surface area contributed by atoms with Crippen molar-refractivity contribution in [2.45, 2.75) is 45.2 Å². The van der Waals surface area contributed by atoms with Gasteiger partial charge in [0.05, 0.1) is 12.1 Å². The first-order valence-corrected chi connectivity index (χ1v) is 5.24. The summed E-state index contributed by atoms with van der Waals surface area (Å²) in [5.74, 6) is 2.94. The molecule has 82 valence electrons. The van der Waals surface area contributed by atoms with Crippen LogP contribution in [0.1, 0.15) is 33.1 Å². The zero-order valence-corrected chi connectivity index (χ0v) is 9.23. The Balaban J connectivity index is 2.77. The Hall–Kier alpha value is -1.50. The van der Waals surface area contributed by atoms with Gasteiger partial charge in [-0.05, 0) is 13.3 Å². The lowest BCUT2D eigenvalue weighted by Gasteiger charge is -2.26. The number of carbonyl (C=O) groups is 1. The van der Waals surface area contributed by atoms with E-state index in [-0.39, 0.29) is 18.1 Å². The molecule has 0 aromatic heterocycles. The number of hydrogen-bond acceptors (Lipinski definition) is 2. The van der Waals surface area contributed by atoms with Crippen molar-refractivity contribution in [2.75, 3.05) is 0 Å². The first kappa shape index (κ1) is 11.6. The minimum Gasteiger partial charge on any atom is -0.385 e. The number of hydrogen-bond donors (Lipinski definition) is 1. The maximum Gasteiger partial charge on any atom is 0.346 e. The van der Waals surface area contributed by atoms with Crippen molar-refractivity contribution in [3.05, 3.63) is 0 Å². The van der Waals surface area contributed by atoms with Gasteiger partial charge in [-0.15, -0.1) is 6.42 Å². The highest BCUT2D eigenvalue weighted by molar-refractivity contribution is 6.03. The van der Waals surface area contributed by atoms with E-state index in [0.717, 1.165) is 19.3 Å². The Morgan fingerprint density at radius 3 is 2.93 bits per heavy atom. The van der Waals surface area contributed by atoms with E-state index in [1.165, 1.54) is 0 Å². The van der Waals surface area contributed by atoms with E-state index >= 15 is 0 Å². The van der Waals surface area contributed by atoms with Crippen molar-refractivity contribution in [2.24, 2.45) is 10.7 Å². The van der Waals surface area contributed by atoms with Gasteiger partial charge >= 0.3 is 6.03 Å². The Labute approximate surface area is 90.5 Å². The molecule has 1 aliphatic heterocycles. The largest absolute Gasteiger partial charge is 0.385 e. The SMILES string of the molecule is C#CC(C)N1C(=O)N=C(N)C1CCCC. The summed E-state index contributed by atoms with van der Waals surface area (Å²) in [4.78, 5) is 16.9. The van der Waals surface area contributed by atoms with E-state index < -0.39 is 0 Å². The molecule has 2 atom stereocenters. The first-order valence-electron chi connectivity index (χ1n) is 5.24. The minimum atomic E-state index is -0.306. The summed E-state index contributed by atoms with van der Waals surface area (Å²) in [5.41, 5.74) is 5.71. The smallest absolute Gasteiger partial charge is 0.346 e. The third kappa shape index (κ3) is 2.30. The molecule has 0 saturated heterocycles. The van der Waals surface area contributed by atoms with Gasteiger partial charge in [0.2, 0.25) is 0 Å². The number of amides is 2. The molecule has 0 bridgehead atoms. The van der Waals surface area contributed by atoms with Crippen molar-refractivity contribution in [1.82, 2.24) is 4.90 Å². The lowest BCUT2D eigenvalue weighted by atomic mass is 10.1. The predicted octanol–water partition coefficient (Wildman–Crippen LogP) is 1.36. The van der Waals surface area contributed by atoms with Crippen LogP contribution in [0.2, 0.25) is 0 Å². The molecule has 0 spiro atoms. The minimum absolute atomic E-state index is 0.108. The summed E-state index contributed by atoms with van der Waals surface area (Å²) in [7, 11) is 0. The molecule has 1 aliphatic rings. The second-order valence-electron chi connectivity index (χ2n) is 3.73. The summed E-state index contributed by atoms with van der Waals surface area (Å²) in [6, 6.07) is -0.660. The summed E-state index contributed by atoms with van der Waals surface area (Å²) < 4.78 is 0. The Morgan fingerprint density at radius 2 is 2.40 bits per heavy atom. The highest BCUT2D eigenvalue weighted by atomic mass is 16.2. The Morgan fingerprint density at radius 1 is 1.73 bits per heavy atom. The van der Waals surface area contributed by atoms with Gasteiger partial charge in [-0.2, -0.15) is 4.99 Å². The van der Waals surface area contributed by atoms with Crippen LogP contribution in [0.25, 0.3) is 0 Å². The van der Waals surface area contributed by atoms with Gasteiger partial charge < -0.3 is 5.73 Å². The van der Waals surface area contributed by atoms with Gasteiger partial charge in [-0.25, -0.2) is 4.79 Å². The lowest BCUT2D eigenvalue weighted by Crippen LogP contribution is -2.44. The van der Waals surface area contributed by atoms with E-state index in [0.29, 0.717) is 5.84 Å². The van der Waals surface area contributed by atoms with E-state index in [9.17, 15) is 4.79 Å². The summed E-state index contributed by atoms with van der Waals surface area (Å²) in [6.07, 6.45) is 8.23. The normalized spacial score (nSPS) is 22.5. The van der Waals surface area contributed by atoms with Crippen LogP contribution in [0.3, 0.4) is 0 Å². The van der Waals surface area contributed by atoms with Crippen molar-refractivity contribution in [1.29, 1.82) is 0 Å². The van der Waals surface area contributed by atoms with Crippen LogP contribution in [-0.2, 0) is 0 Å². The molecule has 0 aromatic carbocycles. The molecule has 4 nitrogen and oxygen atoms in total. The van der Waals surface area contributed by atoms with Crippen LogP contribution in [0.15, 0.2) is 4.99 Å². The fourth-order valence-corrected chi connectivity index (χ4v) is 1.72. The lowest BCUT2D eigenvalue weighted by molar-refractivity contribution is 0.195. The van der Waals surface area contributed by atoms with Gasteiger partial charge in [0.15, 0.2) is 0 Å².